The van der Waals surface area contributed by atoms with Crippen molar-refractivity contribution in [1.29, 1.82) is 0 Å². The number of carbonyl (C=O) groups is 1. The lowest BCUT2D eigenvalue weighted by Gasteiger charge is -2.11. The number of carbonyl (C=O) groups excluding carboxylic acids is 1. The number of rotatable bonds is 8. The third-order valence-electron chi connectivity index (χ3n) is 3.52. The molecule has 0 atom stereocenters. The number of hydrogen-bond acceptors (Lipinski definition) is 3. The van der Waals surface area contributed by atoms with Crippen LogP contribution in [0, 0.1) is 0 Å². The van der Waals surface area contributed by atoms with Crippen molar-refractivity contribution in [1.82, 2.24) is 5.32 Å². The molecule has 4 nitrogen and oxygen atoms in total. The minimum Gasteiger partial charge on any atom is -0.497 e. The Kier molecular flexibility index (Phi) is 6.48. The molecule has 0 saturated carbocycles. The lowest BCUT2D eigenvalue weighted by Crippen LogP contribution is -2.23. The second kappa shape index (κ2) is 8.83. The third kappa shape index (κ3) is 5.33. The first-order valence-corrected chi connectivity index (χ1v) is 7.83. The van der Waals surface area contributed by atoms with Gasteiger partial charge in [-0.05, 0) is 37.1 Å². The largest absolute Gasteiger partial charge is 0.497 e. The Morgan fingerprint density at radius 2 is 1.96 bits per heavy atom. The standard InChI is InChI=1S/C19H23NO3/c1-3-23-18-10-5-4-8-16(18)14-20-19(21)12-11-15-7-6-9-17(13-15)22-2/h4-10,13H,3,11-12,14H2,1-2H3,(H,20,21). The summed E-state index contributed by atoms with van der Waals surface area (Å²) in [7, 11) is 1.64. The maximum atomic E-state index is 12.0. The van der Waals surface area contributed by atoms with Crippen molar-refractivity contribution in [2.75, 3.05) is 13.7 Å². The molecule has 122 valence electrons. The highest BCUT2D eigenvalue weighted by Gasteiger charge is 2.06. The maximum Gasteiger partial charge on any atom is 0.220 e. The summed E-state index contributed by atoms with van der Waals surface area (Å²) in [6.45, 7) is 3.04. The Morgan fingerprint density at radius 1 is 1.13 bits per heavy atom. The minimum absolute atomic E-state index is 0.0270. The van der Waals surface area contributed by atoms with Crippen molar-refractivity contribution < 1.29 is 14.3 Å². The van der Waals surface area contributed by atoms with Gasteiger partial charge in [0.2, 0.25) is 5.91 Å². The fraction of sp³-hybridized carbons (Fsp3) is 0.316. The number of ether oxygens (including phenoxy) is 2. The number of para-hydroxylation sites is 1. The summed E-state index contributed by atoms with van der Waals surface area (Å²) in [5.74, 6) is 1.66. The van der Waals surface area contributed by atoms with E-state index in [2.05, 4.69) is 5.32 Å². The van der Waals surface area contributed by atoms with Gasteiger partial charge in [0.15, 0.2) is 0 Å². The number of hydrogen-bond donors (Lipinski definition) is 1. The van der Waals surface area contributed by atoms with Crippen molar-refractivity contribution in [3.8, 4) is 11.5 Å². The van der Waals surface area contributed by atoms with Crippen LogP contribution in [0.25, 0.3) is 0 Å². The van der Waals surface area contributed by atoms with Gasteiger partial charge < -0.3 is 14.8 Å². The van der Waals surface area contributed by atoms with E-state index >= 15 is 0 Å². The van der Waals surface area contributed by atoms with E-state index in [-0.39, 0.29) is 5.91 Å². The zero-order valence-electron chi connectivity index (χ0n) is 13.7. The van der Waals surface area contributed by atoms with Crippen molar-refractivity contribution in [2.24, 2.45) is 0 Å². The predicted molar refractivity (Wildman–Crippen MR) is 90.8 cm³/mol. The molecule has 0 aliphatic carbocycles. The Bertz CT molecular complexity index is 640. The van der Waals surface area contributed by atoms with Crippen LogP contribution in [0.15, 0.2) is 48.5 Å². The van der Waals surface area contributed by atoms with E-state index in [0.717, 1.165) is 22.6 Å². The molecule has 0 bridgehead atoms. The monoisotopic (exact) mass is 313 g/mol. The molecule has 0 aliphatic rings. The normalized spacial score (nSPS) is 10.2. The second-order valence-electron chi connectivity index (χ2n) is 5.17. The second-order valence-corrected chi connectivity index (χ2v) is 5.17. The highest BCUT2D eigenvalue weighted by atomic mass is 16.5. The molecule has 2 aromatic carbocycles. The number of methoxy groups -OCH3 is 1. The van der Waals surface area contributed by atoms with E-state index in [1.54, 1.807) is 7.11 Å². The van der Waals surface area contributed by atoms with Crippen LogP contribution in [0.3, 0.4) is 0 Å². The van der Waals surface area contributed by atoms with Crippen LogP contribution in [0.1, 0.15) is 24.5 Å². The van der Waals surface area contributed by atoms with Crippen molar-refractivity contribution in [3.63, 3.8) is 0 Å². The fourth-order valence-corrected chi connectivity index (χ4v) is 2.31. The first-order chi connectivity index (χ1) is 11.2. The highest BCUT2D eigenvalue weighted by Crippen LogP contribution is 2.18. The van der Waals surface area contributed by atoms with Gasteiger partial charge in [-0.15, -0.1) is 0 Å². The number of benzene rings is 2. The van der Waals surface area contributed by atoms with E-state index in [1.807, 2.05) is 55.5 Å². The van der Waals surface area contributed by atoms with Crippen LogP contribution in [0.2, 0.25) is 0 Å². The summed E-state index contributed by atoms with van der Waals surface area (Å²) in [4.78, 5) is 12.0. The molecule has 0 saturated heterocycles. The fourth-order valence-electron chi connectivity index (χ4n) is 2.31. The van der Waals surface area contributed by atoms with E-state index in [4.69, 9.17) is 9.47 Å². The number of aryl methyl sites for hydroxylation is 1. The van der Waals surface area contributed by atoms with Crippen LogP contribution in [0.5, 0.6) is 11.5 Å². The molecule has 0 aliphatic heterocycles. The maximum absolute atomic E-state index is 12.0. The van der Waals surface area contributed by atoms with E-state index in [0.29, 0.717) is 26.0 Å². The molecule has 0 spiro atoms. The Balaban J connectivity index is 1.83. The molecule has 2 aromatic rings. The van der Waals surface area contributed by atoms with Crippen LogP contribution >= 0.6 is 0 Å². The predicted octanol–water partition coefficient (Wildman–Crippen LogP) is 3.34. The van der Waals surface area contributed by atoms with Gasteiger partial charge in [-0.25, -0.2) is 0 Å². The van der Waals surface area contributed by atoms with E-state index in [1.165, 1.54) is 0 Å². The summed E-state index contributed by atoms with van der Waals surface area (Å²) in [5.41, 5.74) is 2.08. The Labute approximate surface area is 137 Å². The summed E-state index contributed by atoms with van der Waals surface area (Å²) < 4.78 is 10.7. The van der Waals surface area contributed by atoms with Crippen molar-refractivity contribution >= 4 is 5.91 Å². The quantitative estimate of drug-likeness (QED) is 0.813. The highest BCUT2D eigenvalue weighted by molar-refractivity contribution is 5.76. The molecule has 4 heteroatoms. The van der Waals surface area contributed by atoms with Gasteiger partial charge in [0.25, 0.3) is 0 Å². The number of amides is 1. The van der Waals surface area contributed by atoms with Crippen LogP contribution < -0.4 is 14.8 Å². The molecule has 2 rings (SSSR count). The minimum atomic E-state index is 0.0270. The Hall–Kier alpha value is -2.49. The molecule has 0 fully saturated rings. The SMILES string of the molecule is CCOc1ccccc1CNC(=O)CCc1cccc(OC)c1. The van der Waals surface area contributed by atoms with Crippen LogP contribution in [-0.2, 0) is 17.8 Å². The van der Waals surface area contributed by atoms with Crippen molar-refractivity contribution in [2.45, 2.75) is 26.3 Å². The molecule has 1 N–H and O–H groups in total. The first-order valence-electron chi connectivity index (χ1n) is 7.83. The molecule has 0 aromatic heterocycles. The van der Waals surface area contributed by atoms with E-state index in [9.17, 15) is 4.79 Å². The average Bonchev–Trinajstić information content (AvgIpc) is 2.59. The lowest BCUT2D eigenvalue weighted by molar-refractivity contribution is -0.121. The Morgan fingerprint density at radius 3 is 2.74 bits per heavy atom. The summed E-state index contributed by atoms with van der Waals surface area (Å²) in [6.07, 6.45) is 1.14. The lowest BCUT2D eigenvalue weighted by atomic mass is 10.1. The summed E-state index contributed by atoms with van der Waals surface area (Å²) in [5, 5.41) is 2.95. The smallest absolute Gasteiger partial charge is 0.220 e. The van der Waals surface area contributed by atoms with Crippen molar-refractivity contribution in [3.05, 3.63) is 59.7 Å². The zero-order chi connectivity index (χ0) is 16.5. The van der Waals surface area contributed by atoms with Gasteiger partial charge >= 0.3 is 0 Å². The topological polar surface area (TPSA) is 47.6 Å². The zero-order valence-corrected chi connectivity index (χ0v) is 13.7. The molecule has 0 radical (unpaired) electrons. The summed E-state index contributed by atoms with van der Waals surface area (Å²) >= 11 is 0. The average molecular weight is 313 g/mol. The molecule has 23 heavy (non-hydrogen) atoms. The van der Waals surface area contributed by atoms with E-state index < -0.39 is 0 Å². The molecule has 0 heterocycles. The van der Waals surface area contributed by atoms with Crippen LogP contribution in [0.4, 0.5) is 0 Å². The molecular formula is C19H23NO3. The van der Waals surface area contributed by atoms with Crippen LogP contribution in [-0.4, -0.2) is 19.6 Å². The van der Waals surface area contributed by atoms with Gasteiger partial charge in [0, 0.05) is 18.5 Å². The van der Waals surface area contributed by atoms with Gasteiger partial charge in [0.1, 0.15) is 11.5 Å². The summed E-state index contributed by atoms with van der Waals surface area (Å²) in [6, 6.07) is 15.5. The van der Waals surface area contributed by atoms with Gasteiger partial charge in [-0.2, -0.15) is 0 Å². The van der Waals surface area contributed by atoms with Gasteiger partial charge in [-0.1, -0.05) is 30.3 Å². The molecule has 1 amide bonds. The molecular weight excluding hydrogens is 290 g/mol. The first kappa shape index (κ1) is 16.9. The van der Waals surface area contributed by atoms with Gasteiger partial charge in [-0.3, -0.25) is 4.79 Å². The third-order valence-corrected chi connectivity index (χ3v) is 3.52. The van der Waals surface area contributed by atoms with Gasteiger partial charge in [0.05, 0.1) is 13.7 Å². The number of nitrogens with one attached hydrogen (secondary N) is 1. The molecule has 0 unspecified atom stereocenters.